The zero-order valence-electron chi connectivity index (χ0n) is 2.83. The fourth-order valence-corrected chi connectivity index (χ4v) is 0. The first-order chi connectivity index (χ1) is 2.00. The van der Waals surface area contributed by atoms with E-state index in [9.17, 15) is 0 Å². The topological polar surface area (TPSA) is 74.6 Å². The van der Waals surface area contributed by atoms with E-state index in [0.29, 0.717) is 0 Å². The minimum atomic E-state index is -4.67. The van der Waals surface area contributed by atoms with Crippen LogP contribution in [0.2, 0.25) is 0 Å². The van der Waals surface area contributed by atoms with Gasteiger partial charge in [-0.15, -0.1) is 0 Å². The molecule has 0 saturated carbocycles. The summed E-state index contributed by atoms with van der Waals surface area (Å²) in [5.41, 5.74) is 0. The van der Waals surface area contributed by atoms with Gasteiger partial charge in [0.1, 0.15) is 0 Å². The fraction of sp³-hybridized carbons (Fsp3) is 0. The molecule has 6 heteroatoms. The average Bonchev–Trinajstić information content (AvgIpc) is 0.722. The zero-order chi connectivity index (χ0) is 4.50. The monoisotopic (exact) mass is 212 g/mol. The maximum Gasteiger partial charge on any atom is 0.394 e. The first-order valence-electron chi connectivity index (χ1n) is 0.698. The molecule has 0 unspecified atom stereocenters. The van der Waals surface area contributed by atoms with Gasteiger partial charge in [-0.25, -0.2) is 0 Å². The number of hydrogen-bond acceptors (Lipinski definition) is 2. The van der Waals surface area contributed by atoms with Gasteiger partial charge in [0.15, 0.2) is 0 Å². The molecular weight excluding hydrogens is 208 g/mol. The molecule has 0 heterocycles. The molecule has 0 spiro atoms. The summed E-state index contributed by atoms with van der Waals surface area (Å²) < 4.78 is 31.6. The second-order valence-corrected chi connectivity index (χ2v) is 1.34. The number of rotatable bonds is 0. The minimum Gasteiger partial charge on any atom is -0.264 e. The normalized spacial score (nSPS) is 9.67. The summed E-state index contributed by atoms with van der Waals surface area (Å²) in [5.74, 6) is 0. The molecule has 0 aromatic carbocycles. The Morgan fingerprint density at radius 2 is 1.17 bits per heavy atom. The van der Waals surface area contributed by atoms with Crippen LogP contribution in [0.5, 0.6) is 0 Å². The molecule has 4 nitrogen and oxygen atoms in total. The van der Waals surface area contributed by atoms with Crippen LogP contribution in [0.25, 0.3) is 0 Å². The van der Waals surface area contributed by atoms with Crippen LogP contribution in [-0.4, -0.2) is 17.5 Å². The molecule has 0 aromatic rings. The quantitative estimate of drug-likeness (QED) is 0.411. The van der Waals surface area contributed by atoms with Crippen LogP contribution < -0.4 is 0 Å². The predicted octanol–water partition coefficient (Wildman–Crippen LogP) is -0.655. The van der Waals surface area contributed by atoms with Crippen LogP contribution in [0.1, 0.15) is 0 Å². The van der Waals surface area contributed by atoms with Crippen molar-refractivity contribution in [2.24, 2.45) is 0 Å². The van der Waals surface area contributed by atoms with Crippen molar-refractivity contribution in [3.63, 3.8) is 0 Å². The standard InChI is InChI=1S/Cd.H2O4S/c;1-5(2,3)4/h;(H2,1,2,3,4). The van der Waals surface area contributed by atoms with Crippen LogP contribution in [0, 0.1) is 0 Å². The Hall–Kier alpha value is 0.792. The molecular formula is H2CdO4S. The van der Waals surface area contributed by atoms with Crippen LogP contribution in [-0.2, 0) is 37.7 Å². The van der Waals surface area contributed by atoms with Crippen molar-refractivity contribution < 1.29 is 44.8 Å². The van der Waals surface area contributed by atoms with Gasteiger partial charge in [-0.1, -0.05) is 0 Å². The Morgan fingerprint density at radius 3 is 1.17 bits per heavy atom. The fourth-order valence-electron chi connectivity index (χ4n) is 0. The Morgan fingerprint density at radius 1 is 1.17 bits per heavy atom. The Bertz CT molecular complexity index is 90.7. The predicted molar refractivity (Wildman–Crippen MR) is 14.2 cm³/mol. The molecule has 0 bridgehead atoms. The largest absolute Gasteiger partial charge is 0.394 e. The first-order valence-corrected chi connectivity index (χ1v) is 2.10. The van der Waals surface area contributed by atoms with E-state index in [4.69, 9.17) is 17.5 Å². The smallest absolute Gasteiger partial charge is 0.264 e. The Kier molecular flexibility index (Phi) is 4.77. The molecule has 0 aliphatic heterocycles. The minimum absolute atomic E-state index is 0. The third-order valence-corrected chi connectivity index (χ3v) is 0. The van der Waals surface area contributed by atoms with E-state index in [-0.39, 0.29) is 27.3 Å². The molecule has 0 amide bonds. The molecule has 0 fully saturated rings. The van der Waals surface area contributed by atoms with Crippen LogP contribution in [0.4, 0.5) is 0 Å². The van der Waals surface area contributed by atoms with Gasteiger partial charge in [0.2, 0.25) is 0 Å². The average molecular weight is 210 g/mol. The third kappa shape index (κ3) is 110. The van der Waals surface area contributed by atoms with Gasteiger partial charge in [-0.05, 0) is 0 Å². The van der Waals surface area contributed by atoms with Crippen molar-refractivity contribution in [2.75, 3.05) is 0 Å². The van der Waals surface area contributed by atoms with Crippen molar-refractivity contribution in [1.29, 1.82) is 0 Å². The van der Waals surface area contributed by atoms with E-state index < -0.39 is 10.4 Å². The second kappa shape index (κ2) is 2.88. The van der Waals surface area contributed by atoms with Crippen molar-refractivity contribution in [2.45, 2.75) is 0 Å². The summed E-state index contributed by atoms with van der Waals surface area (Å²) in [6.07, 6.45) is 0. The van der Waals surface area contributed by atoms with E-state index in [1.54, 1.807) is 0 Å². The summed E-state index contributed by atoms with van der Waals surface area (Å²) in [6, 6.07) is 0. The molecule has 0 aromatic heterocycles. The van der Waals surface area contributed by atoms with Crippen LogP contribution in [0.15, 0.2) is 0 Å². The van der Waals surface area contributed by atoms with E-state index in [0.717, 1.165) is 0 Å². The molecule has 0 rings (SSSR count). The second-order valence-electron chi connectivity index (χ2n) is 0.448. The van der Waals surface area contributed by atoms with Crippen molar-refractivity contribution in [3.05, 3.63) is 0 Å². The Labute approximate surface area is 55.3 Å². The summed E-state index contributed by atoms with van der Waals surface area (Å²) in [4.78, 5) is 0. The molecule has 0 saturated heterocycles. The van der Waals surface area contributed by atoms with Crippen LogP contribution >= 0.6 is 0 Å². The summed E-state index contributed by atoms with van der Waals surface area (Å²) in [5, 5.41) is 0. The molecule has 0 radical (unpaired) electrons. The van der Waals surface area contributed by atoms with E-state index in [1.807, 2.05) is 0 Å². The molecule has 0 atom stereocenters. The Balaban J connectivity index is 0. The van der Waals surface area contributed by atoms with Gasteiger partial charge in [-0.3, -0.25) is 9.11 Å². The van der Waals surface area contributed by atoms with Gasteiger partial charge >= 0.3 is 10.4 Å². The van der Waals surface area contributed by atoms with E-state index in [2.05, 4.69) is 0 Å². The first kappa shape index (κ1) is 9.92. The van der Waals surface area contributed by atoms with Gasteiger partial charge in [0.05, 0.1) is 0 Å². The maximum atomic E-state index is 8.74. The van der Waals surface area contributed by atoms with Gasteiger partial charge in [0.25, 0.3) is 0 Å². The van der Waals surface area contributed by atoms with Gasteiger partial charge in [0, 0.05) is 27.3 Å². The summed E-state index contributed by atoms with van der Waals surface area (Å²) >= 11 is 0. The molecule has 0 aliphatic carbocycles. The van der Waals surface area contributed by atoms with E-state index in [1.165, 1.54) is 0 Å². The summed E-state index contributed by atoms with van der Waals surface area (Å²) in [7, 11) is -4.67. The van der Waals surface area contributed by atoms with Gasteiger partial charge in [-0.2, -0.15) is 8.42 Å². The molecule has 34 valence electrons. The van der Waals surface area contributed by atoms with Gasteiger partial charge < -0.3 is 0 Å². The SMILES string of the molecule is O=S(=O)(O)O.[Cd]. The third-order valence-electron chi connectivity index (χ3n) is 0. The zero-order valence-corrected chi connectivity index (χ0v) is 7.68. The van der Waals surface area contributed by atoms with Crippen molar-refractivity contribution in [3.8, 4) is 0 Å². The maximum absolute atomic E-state index is 8.74. The molecule has 2 N–H and O–H groups in total. The van der Waals surface area contributed by atoms with Crippen molar-refractivity contribution in [1.82, 2.24) is 0 Å². The molecule has 6 heavy (non-hydrogen) atoms. The van der Waals surface area contributed by atoms with Crippen molar-refractivity contribution >= 4 is 10.4 Å². The van der Waals surface area contributed by atoms with E-state index >= 15 is 0 Å². The summed E-state index contributed by atoms with van der Waals surface area (Å²) in [6.45, 7) is 0. The number of hydrogen-bond donors (Lipinski definition) is 2. The molecule has 0 aliphatic rings. The van der Waals surface area contributed by atoms with Crippen LogP contribution in [0.3, 0.4) is 0 Å².